The molecule has 0 bridgehead atoms. The lowest BCUT2D eigenvalue weighted by molar-refractivity contribution is 0.592. The maximum absolute atomic E-state index is 13.8. The van der Waals surface area contributed by atoms with E-state index in [1.54, 1.807) is 0 Å². The third kappa shape index (κ3) is 9.29. The van der Waals surface area contributed by atoms with Crippen LogP contribution < -0.4 is 15.9 Å². The molecule has 0 saturated carbocycles. The summed E-state index contributed by atoms with van der Waals surface area (Å²) in [5.74, 6) is 0. The van der Waals surface area contributed by atoms with Crippen LogP contribution in [0, 0.1) is 0 Å². The molecule has 29 heavy (non-hydrogen) atoms. The maximum Gasteiger partial charge on any atom is 0.171 e. The number of hydrogen-bond donors (Lipinski definition) is 0. The van der Waals surface area contributed by atoms with Gasteiger partial charge in [-0.25, -0.2) is 0 Å². The third-order valence-electron chi connectivity index (χ3n) is 3.36. The zero-order valence-electron chi connectivity index (χ0n) is 19.7. The minimum Gasteiger partial charge on any atom is -0.309 e. The summed E-state index contributed by atoms with van der Waals surface area (Å²) in [5, 5.41) is 2.62. The Bertz CT molecular complexity index is 634. The van der Waals surface area contributed by atoms with Crippen molar-refractivity contribution in [3.63, 3.8) is 0 Å². The van der Waals surface area contributed by atoms with E-state index in [9.17, 15) is 4.57 Å². The van der Waals surface area contributed by atoms with E-state index >= 15 is 0 Å². The molecule has 0 unspecified atom stereocenters. The molecule has 0 saturated heterocycles. The first kappa shape index (κ1) is 29.1. The molecule has 0 aliphatic rings. The second-order valence-electron chi connectivity index (χ2n) is 5.32. The SMILES string of the molecule is CC.CC.CC.CCC.O=P(c1ccccc1)(c1ccccc1)c1ccccc1. The summed E-state index contributed by atoms with van der Waals surface area (Å²) in [6.07, 6.45) is 1.25. The van der Waals surface area contributed by atoms with Gasteiger partial charge < -0.3 is 4.57 Å². The summed E-state index contributed by atoms with van der Waals surface area (Å²) in [6, 6.07) is 29.1. The van der Waals surface area contributed by atoms with E-state index in [2.05, 4.69) is 13.8 Å². The molecule has 3 aromatic carbocycles. The molecule has 0 aliphatic carbocycles. The second kappa shape index (κ2) is 19.2. The average Bonchev–Trinajstić information content (AvgIpc) is 2.84. The van der Waals surface area contributed by atoms with E-state index in [-0.39, 0.29) is 0 Å². The van der Waals surface area contributed by atoms with E-state index in [1.165, 1.54) is 6.42 Å². The number of benzene rings is 3. The van der Waals surface area contributed by atoms with Gasteiger partial charge in [0, 0.05) is 15.9 Å². The maximum atomic E-state index is 13.8. The van der Waals surface area contributed by atoms with Gasteiger partial charge in [-0.2, -0.15) is 0 Å². The van der Waals surface area contributed by atoms with E-state index in [1.807, 2.05) is 133 Å². The van der Waals surface area contributed by atoms with Crippen molar-refractivity contribution in [2.45, 2.75) is 61.8 Å². The lowest BCUT2D eigenvalue weighted by Crippen LogP contribution is -2.24. The molecule has 0 fully saturated rings. The van der Waals surface area contributed by atoms with Crippen LogP contribution in [0.2, 0.25) is 0 Å². The van der Waals surface area contributed by atoms with Crippen LogP contribution in [0.15, 0.2) is 91.0 Å². The molecule has 1 nitrogen and oxygen atoms in total. The van der Waals surface area contributed by atoms with E-state index < -0.39 is 7.14 Å². The van der Waals surface area contributed by atoms with Gasteiger partial charge in [0.15, 0.2) is 7.14 Å². The Morgan fingerprint density at radius 2 is 0.655 bits per heavy atom. The van der Waals surface area contributed by atoms with Crippen LogP contribution >= 0.6 is 7.14 Å². The van der Waals surface area contributed by atoms with Gasteiger partial charge in [0.05, 0.1) is 0 Å². The Hall–Kier alpha value is -2.11. The summed E-state index contributed by atoms with van der Waals surface area (Å²) in [7, 11) is -2.78. The predicted molar refractivity (Wildman–Crippen MR) is 136 cm³/mol. The lowest BCUT2D eigenvalue weighted by Gasteiger charge is -2.19. The minimum atomic E-state index is -2.78. The summed E-state index contributed by atoms with van der Waals surface area (Å²) < 4.78 is 13.8. The van der Waals surface area contributed by atoms with Crippen molar-refractivity contribution >= 4 is 23.1 Å². The molecular formula is C27H41OP. The van der Waals surface area contributed by atoms with Gasteiger partial charge in [-0.05, 0) is 0 Å². The van der Waals surface area contributed by atoms with Gasteiger partial charge in [-0.3, -0.25) is 0 Å². The summed E-state index contributed by atoms with van der Waals surface area (Å²) in [6.45, 7) is 16.2. The van der Waals surface area contributed by atoms with E-state index in [4.69, 9.17) is 0 Å². The molecule has 0 atom stereocenters. The normalized spacial score (nSPS) is 8.97. The second-order valence-corrected chi connectivity index (χ2v) is 8.09. The lowest BCUT2D eigenvalue weighted by atomic mass is 10.4. The van der Waals surface area contributed by atoms with E-state index in [0.29, 0.717) is 0 Å². The van der Waals surface area contributed by atoms with Gasteiger partial charge in [0.25, 0.3) is 0 Å². The Morgan fingerprint density at radius 1 is 0.483 bits per heavy atom. The molecule has 0 amide bonds. The van der Waals surface area contributed by atoms with Crippen molar-refractivity contribution in [3.05, 3.63) is 91.0 Å². The molecule has 0 spiro atoms. The van der Waals surface area contributed by atoms with Crippen LogP contribution in [-0.2, 0) is 4.57 Å². The van der Waals surface area contributed by atoms with Crippen LogP contribution in [-0.4, -0.2) is 0 Å². The van der Waals surface area contributed by atoms with Crippen LogP contribution in [0.1, 0.15) is 61.8 Å². The van der Waals surface area contributed by atoms with Gasteiger partial charge in [-0.1, -0.05) is 153 Å². The molecular weight excluding hydrogens is 371 g/mol. The van der Waals surface area contributed by atoms with Crippen molar-refractivity contribution in [2.24, 2.45) is 0 Å². The largest absolute Gasteiger partial charge is 0.309 e. The van der Waals surface area contributed by atoms with Crippen LogP contribution in [0.5, 0.6) is 0 Å². The quantitative estimate of drug-likeness (QED) is 0.401. The van der Waals surface area contributed by atoms with Crippen molar-refractivity contribution in [2.75, 3.05) is 0 Å². The fourth-order valence-corrected chi connectivity index (χ4v) is 5.03. The first-order valence-corrected chi connectivity index (χ1v) is 12.7. The van der Waals surface area contributed by atoms with Gasteiger partial charge in [-0.15, -0.1) is 0 Å². The molecule has 0 heterocycles. The topological polar surface area (TPSA) is 17.1 Å². The highest BCUT2D eigenvalue weighted by Gasteiger charge is 2.28. The Kier molecular flexibility index (Phi) is 19.3. The summed E-state index contributed by atoms with van der Waals surface area (Å²) in [4.78, 5) is 0. The highest BCUT2D eigenvalue weighted by atomic mass is 31.2. The zero-order chi connectivity index (χ0) is 22.5. The van der Waals surface area contributed by atoms with E-state index in [0.717, 1.165) is 15.9 Å². The Morgan fingerprint density at radius 3 is 0.828 bits per heavy atom. The molecule has 0 aromatic heterocycles. The summed E-state index contributed by atoms with van der Waals surface area (Å²) in [5.41, 5.74) is 0. The summed E-state index contributed by atoms with van der Waals surface area (Å²) >= 11 is 0. The van der Waals surface area contributed by atoms with Crippen molar-refractivity contribution in [3.8, 4) is 0 Å². The first-order valence-electron chi connectivity index (χ1n) is 11.0. The Labute approximate surface area is 180 Å². The molecule has 0 N–H and O–H groups in total. The Balaban J connectivity index is 0. The average molecular weight is 413 g/mol. The monoisotopic (exact) mass is 412 g/mol. The van der Waals surface area contributed by atoms with Crippen LogP contribution in [0.3, 0.4) is 0 Å². The number of hydrogen-bond acceptors (Lipinski definition) is 1. The van der Waals surface area contributed by atoms with Gasteiger partial charge >= 0.3 is 0 Å². The molecule has 3 rings (SSSR count). The molecule has 160 valence electrons. The molecule has 0 aliphatic heterocycles. The van der Waals surface area contributed by atoms with Crippen molar-refractivity contribution < 1.29 is 4.57 Å². The predicted octanol–water partition coefficient (Wildman–Crippen LogP) is 7.82. The fourth-order valence-electron chi connectivity index (χ4n) is 2.36. The zero-order valence-corrected chi connectivity index (χ0v) is 20.6. The highest BCUT2D eigenvalue weighted by molar-refractivity contribution is 7.85. The smallest absolute Gasteiger partial charge is 0.171 e. The molecule has 2 heteroatoms. The third-order valence-corrected chi connectivity index (χ3v) is 6.44. The standard InChI is InChI=1S/C18H15OP.C3H8.3C2H6/c19-20(16-10-4-1-5-11-16,17-12-6-2-7-13-17)18-14-8-3-9-15-18;1-3-2;3*1-2/h1-15H;3H2,1-2H3;3*1-2H3. The number of rotatable bonds is 3. The van der Waals surface area contributed by atoms with Crippen molar-refractivity contribution in [1.29, 1.82) is 0 Å². The first-order chi connectivity index (χ1) is 14.2. The minimum absolute atomic E-state index is 0.873. The van der Waals surface area contributed by atoms with Gasteiger partial charge in [0.1, 0.15) is 0 Å². The highest BCUT2D eigenvalue weighted by Crippen LogP contribution is 2.41. The molecule has 0 radical (unpaired) electrons. The van der Waals surface area contributed by atoms with Crippen LogP contribution in [0.25, 0.3) is 0 Å². The van der Waals surface area contributed by atoms with Gasteiger partial charge in [0.2, 0.25) is 0 Å². The van der Waals surface area contributed by atoms with Crippen molar-refractivity contribution in [1.82, 2.24) is 0 Å². The fraction of sp³-hybridized carbons (Fsp3) is 0.333. The molecule has 3 aromatic rings. The van der Waals surface area contributed by atoms with Crippen LogP contribution in [0.4, 0.5) is 0 Å².